The van der Waals surface area contributed by atoms with Crippen molar-refractivity contribution in [3.8, 4) is 23.0 Å². The van der Waals surface area contributed by atoms with Gasteiger partial charge in [0.15, 0.2) is 23.0 Å². The molecule has 3 aromatic rings. The van der Waals surface area contributed by atoms with Crippen LogP contribution in [0.25, 0.3) is 0 Å². The molecule has 0 bridgehead atoms. The first kappa shape index (κ1) is 25.4. The van der Waals surface area contributed by atoms with Crippen molar-refractivity contribution in [3.05, 3.63) is 83.4 Å². The van der Waals surface area contributed by atoms with Crippen LogP contribution in [-0.4, -0.2) is 50.1 Å². The van der Waals surface area contributed by atoms with Crippen LogP contribution in [0, 0.1) is 0 Å². The van der Waals surface area contributed by atoms with E-state index in [4.69, 9.17) is 23.7 Å². The van der Waals surface area contributed by atoms with Gasteiger partial charge in [0.05, 0.1) is 0 Å². The fourth-order valence-corrected chi connectivity index (χ4v) is 4.45. The zero-order chi connectivity index (χ0) is 26.3. The number of carbonyl (C=O) groups excluding carboxylic acids is 2. The van der Waals surface area contributed by atoms with Crippen LogP contribution < -0.4 is 24.3 Å². The highest BCUT2D eigenvalue weighted by Gasteiger charge is 2.33. The lowest BCUT2D eigenvalue weighted by Crippen LogP contribution is -2.43. The van der Waals surface area contributed by atoms with Crippen LogP contribution in [-0.2, 0) is 16.1 Å². The summed E-state index contributed by atoms with van der Waals surface area (Å²) in [5, 5.41) is 2.99. The Balaban J connectivity index is 1.48. The number of nitrogens with zero attached hydrogens (tertiary/aromatic N) is 1. The summed E-state index contributed by atoms with van der Waals surface area (Å²) in [4.78, 5) is 29.3. The summed E-state index contributed by atoms with van der Waals surface area (Å²) in [6, 6.07) is 19.0. The highest BCUT2D eigenvalue weighted by atomic mass is 16.7. The van der Waals surface area contributed by atoms with Crippen molar-refractivity contribution in [2.24, 2.45) is 0 Å². The van der Waals surface area contributed by atoms with E-state index in [0.717, 1.165) is 5.56 Å². The van der Waals surface area contributed by atoms with Crippen molar-refractivity contribution in [1.82, 2.24) is 10.2 Å². The molecule has 0 saturated carbocycles. The lowest BCUT2D eigenvalue weighted by Gasteiger charge is -2.32. The van der Waals surface area contributed by atoms with E-state index in [1.165, 1.54) is 0 Å². The maximum Gasteiger partial charge on any atom is 0.255 e. The highest BCUT2D eigenvalue weighted by Crippen LogP contribution is 2.36. The molecular formula is C29H30N2O7. The molecule has 0 fully saturated rings. The van der Waals surface area contributed by atoms with Gasteiger partial charge in [0.25, 0.3) is 5.91 Å². The largest absolute Gasteiger partial charge is 0.454 e. The number of hydrogen-bond acceptors (Lipinski definition) is 7. The average molecular weight is 519 g/mol. The van der Waals surface area contributed by atoms with Gasteiger partial charge in [-0.15, -0.1) is 0 Å². The second-order valence-corrected chi connectivity index (χ2v) is 8.84. The van der Waals surface area contributed by atoms with Crippen molar-refractivity contribution in [2.45, 2.75) is 25.9 Å². The minimum Gasteiger partial charge on any atom is -0.454 e. The lowest BCUT2D eigenvalue weighted by molar-refractivity contribution is -0.126. The first-order valence-corrected chi connectivity index (χ1v) is 12.6. The van der Waals surface area contributed by atoms with Crippen LogP contribution >= 0.6 is 0 Å². The van der Waals surface area contributed by atoms with Gasteiger partial charge in [-0.25, -0.2) is 0 Å². The number of rotatable bonds is 11. The molecule has 0 aromatic heterocycles. The van der Waals surface area contributed by atoms with Crippen molar-refractivity contribution in [3.63, 3.8) is 0 Å². The zero-order valence-electron chi connectivity index (χ0n) is 21.2. The van der Waals surface area contributed by atoms with Crippen molar-refractivity contribution in [1.29, 1.82) is 0 Å². The number of benzene rings is 3. The minimum atomic E-state index is -0.883. The van der Waals surface area contributed by atoms with Gasteiger partial charge in [-0.3, -0.25) is 9.59 Å². The van der Waals surface area contributed by atoms with E-state index in [1.54, 1.807) is 23.1 Å². The Morgan fingerprint density at radius 3 is 2.32 bits per heavy atom. The van der Waals surface area contributed by atoms with Crippen LogP contribution in [0.1, 0.15) is 40.9 Å². The number of fused-ring (bicyclic) bond motifs is 2. The summed E-state index contributed by atoms with van der Waals surface area (Å²) < 4.78 is 27.3. The Morgan fingerprint density at radius 1 is 0.895 bits per heavy atom. The molecule has 2 amide bonds. The molecule has 0 aliphatic carbocycles. The first-order valence-electron chi connectivity index (χ1n) is 12.6. The Bertz CT molecular complexity index is 1280. The summed E-state index contributed by atoms with van der Waals surface area (Å²) in [5.41, 5.74) is 1.89. The predicted molar refractivity (Wildman–Crippen MR) is 138 cm³/mol. The third kappa shape index (κ3) is 5.68. The Kier molecular flexibility index (Phi) is 7.94. The molecule has 0 radical (unpaired) electrons. The Hall–Kier alpha value is -4.24. The third-order valence-corrected chi connectivity index (χ3v) is 6.31. The number of carbonyl (C=O) groups is 2. The van der Waals surface area contributed by atoms with Crippen LogP contribution in [0.3, 0.4) is 0 Å². The Morgan fingerprint density at radius 2 is 1.58 bits per heavy atom. The first-order chi connectivity index (χ1) is 18.6. The van der Waals surface area contributed by atoms with Crippen molar-refractivity contribution >= 4 is 11.8 Å². The molecule has 1 unspecified atom stereocenters. The highest BCUT2D eigenvalue weighted by molar-refractivity contribution is 5.98. The maximum atomic E-state index is 14.1. The molecule has 0 saturated heterocycles. The molecule has 198 valence electrons. The van der Waals surface area contributed by atoms with Gasteiger partial charge in [0.1, 0.15) is 6.04 Å². The van der Waals surface area contributed by atoms with Gasteiger partial charge >= 0.3 is 0 Å². The van der Waals surface area contributed by atoms with E-state index in [0.29, 0.717) is 60.3 Å². The third-order valence-electron chi connectivity index (χ3n) is 6.31. The molecule has 1 atom stereocenters. The summed E-state index contributed by atoms with van der Waals surface area (Å²) in [6.45, 7) is 3.94. The van der Waals surface area contributed by atoms with Gasteiger partial charge in [0.2, 0.25) is 19.5 Å². The van der Waals surface area contributed by atoms with Gasteiger partial charge < -0.3 is 33.9 Å². The zero-order valence-corrected chi connectivity index (χ0v) is 21.2. The standard InChI is InChI=1S/C29H30N2O7/c1-2-34-14-6-13-30-28(32)27(21-7-4-3-5-8-21)31(17-20-9-11-23-25(15-20)37-18-35-23)29(33)22-10-12-24-26(16-22)38-19-36-24/h3-5,7-12,15-16,27H,2,6,13-14,17-19H2,1H3,(H,30,32). The van der Waals surface area contributed by atoms with Crippen LogP contribution in [0.4, 0.5) is 0 Å². The second-order valence-electron chi connectivity index (χ2n) is 8.84. The molecule has 0 spiro atoms. The molecule has 3 aromatic carbocycles. The summed E-state index contributed by atoms with van der Waals surface area (Å²) >= 11 is 0. The monoisotopic (exact) mass is 518 g/mol. The molecule has 2 heterocycles. The van der Waals surface area contributed by atoms with Crippen LogP contribution in [0.5, 0.6) is 23.0 Å². The Labute approximate surface area is 221 Å². The number of hydrogen-bond donors (Lipinski definition) is 1. The molecule has 5 rings (SSSR count). The smallest absolute Gasteiger partial charge is 0.255 e. The predicted octanol–water partition coefficient (Wildman–Crippen LogP) is 4.07. The molecule has 9 nitrogen and oxygen atoms in total. The van der Waals surface area contributed by atoms with Crippen molar-refractivity contribution < 1.29 is 33.3 Å². The average Bonchev–Trinajstić information content (AvgIpc) is 3.61. The van der Waals surface area contributed by atoms with E-state index < -0.39 is 6.04 Å². The molecular weight excluding hydrogens is 488 g/mol. The fourth-order valence-electron chi connectivity index (χ4n) is 4.45. The topological polar surface area (TPSA) is 95.6 Å². The summed E-state index contributed by atoms with van der Waals surface area (Å²) in [5.74, 6) is 1.73. The minimum absolute atomic E-state index is 0.102. The van der Waals surface area contributed by atoms with E-state index in [1.807, 2.05) is 55.5 Å². The fraction of sp³-hybridized carbons (Fsp3) is 0.310. The lowest BCUT2D eigenvalue weighted by atomic mass is 10.0. The van der Waals surface area contributed by atoms with Gasteiger partial charge in [-0.1, -0.05) is 36.4 Å². The molecule has 9 heteroatoms. The SMILES string of the molecule is CCOCCCNC(=O)C(c1ccccc1)N(Cc1ccc2c(c1)OCO2)C(=O)c1ccc2c(c1)OCO2. The maximum absolute atomic E-state index is 14.1. The van der Waals surface area contributed by atoms with Crippen LogP contribution in [0.2, 0.25) is 0 Å². The van der Waals surface area contributed by atoms with E-state index >= 15 is 0 Å². The second kappa shape index (κ2) is 11.9. The normalized spacial score (nSPS) is 13.7. The van der Waals surface area contributed by atoms with E-state index in [9.17, 15) is 9.59 Å². The van der Waals surface area contributed by atoms with Crippen molar-refractivity contribution in [2.75, 3.05) is 33.3 Å². The van der Waals surface area contributed by atoms with E-state index in [2.05, 4.69) is 5.32 Å². The quantitative estimate of drug-likeness (QED) is 0.382. The van der Waals surface area contributed by atoms with E-state index in [-0.39, 0.29) is 31.9 Å². The molecule has 2 aliphatic heterocycles. The molecule has 2 aliphatic rings. The number of amides is 2. The summed E-state index contributed by atoms with van der Waals surface area (Å²) in [6.07, 6.45) is 0.666. The van der Waals surface area contributed by atoms with Crippen LogP contribution in [0.15, 0.2) is 66.7 Å². The number of nitrogens with one attached hydrogen (secondary N) is 1. The summed E-state index contributed by atoms with van der Waals surface area (Å²) in [7, 11) is 0. The van der Waals surface area contributed by atoms with Gasteiger partial charge in [0, 0.05) is 31.9 Å². The van der Waals surface area contributed by atoms with Gasteiger partial charge in [-0.05, 0) is 54.8 Å². The molecule has 38 heavy (non-hydrogen) atoms. The molecule has 1 N–H and O–H groups in total. The van der Waals surface area contributed by atoms with Gasteiger partial charge in [-0.2, -0.15) is 0 Å². The number of ether oxygens (including phenoxy) is 5.